The first-order chi connectivity index (χ1) is 17.0. The van der Waals surface area contributed by atoms with E-state index in [-0.39, 0.29) is 11.5 Å². The van der Waals surface area contributed by atoms with Crippen LogP contribution in [0.4, 0.5) is 19.7 Å². The third kappa shape index (κ3) is 10.8. The number of alkyl halides is 2. The van der Waals surface area contributed by atoms with Crippen LogP contribution in [0.2, 0.25) is 0 Å². The lowest BCUT2D eigenvalue weighted by Gasteiger charge is -2.12. The Balaban J connectivity index is 1.72. The maximum Gasteiger partial charge on any atom is 0.280 e. The Morgan fingerprint density at radius 3 is 2.44 bits per heavy atom. The molecule has 0 aromatic carbocycles. The van der Waals surface area contributed by atoms with Gasteiger partial charge in [-0.25, -0.2) is 0 Å². The largest absolute Gasteiger partial charge is 0.334 e. The van der Waals surface area contributed by atoms with Crippen molar-refractivity contribution >= 4 is 37.4 Å². The summed E-state index contributed by atoms with van der Waals surface area (Å²) in [6, 6.07) is 3.63. The van der Waals surface area contributed by atoms with Crippen molar-refractivity contribution in [1.29, 1.82) is 0 Å². The molecule has 0 fully saturated rings. The van der Waals surface area contributed by atoms with Gasteiger partial charge < -0.3 is 10.6 Å². The van der Waals surface area contributed by atoms with Crippen molar-refractivity contribution in [3.63, 3.8) is 0 Å². The van der Waals surface area contributed by atoms with E-state index in [1.165, 1.54) is 33.6 Å². The van der Waals surface area contributed by atoms with Crippen LogP contribution in [0, 0.1) is 0 Å². The van der Waals surface area contributed by atoms with Gasteiger partial charge >= 0.3 is 0 Å². The van der Waals surface area contributed by atoms with Gasteiger partial charge in [-0.05, 0) is 63.3 Å². The van der Waals surface area contributed by atoms with E-state index in [1.807, 2.05) is 26.0 Å². The molecule has 11 heteroatoms. The minimum Gasteiger partial charge on any atom is -0.334 e. The summed E-state index contributed by atoms with van der Waals surface area (Å²) in [4.78, 5) is 11.9. The van der Waals surface area contributed by atoms with Crippen LogP contribution in [0.5, 0.6) is 0 Å². The number of unbranched alkanes of at least 4 members (excludes halogenated alkanes) is 1. The summed E-state index contributed by atoms with van der Waals surface area (Å²) in [6.07, 6.45) is 7.28. The number of carbonyl (C=O) groups excluding carboxylic acids is 1. The van der Waals surface area contributed by atoms with Gasteiger partial charge in [-0.15, -0.1) is 15.3 Å². The van der Waals surface area contributed by atoms with Crippen LogP contribution in [-0.4, -0.2) is 32.0 Å². The Hall–Kier alpha value is -2.84. The molecule has 1 atom stereocenters. The summed E-state index contributed by atoms with van der Waals surface area (Å²) in [7, 11) is 1.52. The van der Waals surface area contributed by atoms with Gasteiger partial charge in [-0.3, -0.25) is 4.79 Å². The fraction of sp³-hybridized carbons (Fsp3) is 0.400. The van der Waals surface area contributed by atoms with E-state index in [2.05, 4.69) is 44.2 Å². The highest BCUT2D eigenvalue weighted by atomic mass is 32.1. The Bertz CT molecular complexity index is 1120. The van der Waals surface area contributed by atoms with Crippen molar-refractivity contribution in [3.8, 4) is 0 Å². The molecule has 2 N–H and O–H groups in total. The molecular weight excluding hydrogens is 501 g/mol. The van der Waals surface area contributed by atoms with Crippen LogP contribution in [-0.2, 0) is 17.6 Å². The molecule has 0 saturated carbocycles. The first-order valence-corrected chi connectivity index (χ1v) is 12.9. The topological polar surface area (TPSA) is 92.7 Å². The number of hydrogen-bond acceptors (Lipinski definition) is 7. The van der Waals surface area contributed by atoms with Crippen LogP contribution < -0.4 is 10.6 Å². The molecule has 0 aliphatic carbocycles. The number of nitrogens with zero attached hydrogens (tertiary/aromatic N) is 4. The summed E-state index contributed by atoms with van der Waals surface area (Å²) in [6.45, 7) is 12.9. The van der Waals surface area contributed by atoms with E-state index < -0.39 is 5.66 Å². The summed E-state index contributed by atoms with van der Waals surface area (Å²) >= 11 is 1.43. The molecule has 36 heavy (non-hydrogen) atoms. The average molecular weight is 535 g/mol. The number of carbonyl (C=O) groups is 1. The van der Waals surface area contributed by atoms with E-state index >= 15 is 0 Å². The molecular formula is C25H33F2N6OPS. The molecule has 0 bridgehead atoms. The first kappa shape index (κ1) is 29.4. The molecule has 2 rings (SSSR count). The molecule has 2 aromatic heterocycles. The van der Waals surface area contributed by atoms with Crippen molar-refractivity contribution in [2.45, 2.75) is 65.0 Å². The molecule has 1 amide bonds. The second kappa shape index (κ2) is 14.0. The number of anilines is 2. The zero-order chi connectivity index (χ0) is 26.7. The maximum absolute atomic E-state index is 13.3. The Labute approximate surface area is 217 Å². The number of aryl methyl sites for hydroxylation is 2. The molecule has 0 saturated heterocycles. The lowest BCUT2D eigenvalue weighted by atomic mass is 10.1. The third-order valence-corrected chi connectivity index (χ3v) is 6.48. The van der Waals surface area contributed by atoms with E-state index in [0.29, 0.717) is 35.1 Å². The molecule has 2 heterocycles. The lowest BCUT2D eigenvalue weighted by molar-refractivity contribution is -0.115. The van der Waals surface area contributed by atoms with E-state index in [0.717, 1.165) is 42.0 Å². The second-order valence-corrected chi connectivity index (χ2v) is 10.3. The standard InChI is InChI=1S/C25H33F2N6OPS/c1-6-16(2)15-22(34)29-21-12-11-20(30-31-21)9-7-8-10-23-32-33-24(36-23)28-19(5)14-17(3)13-18(4)25(26,27)35/h6,11-13H,3,5,7-10,14-15,35H2,1-2,4H3,(H,28,33)(H,29,31,34)/b16-6+,18-13+. The van der Waals surface area contributed by atoms with Crippen LogP contribution in [0.1, 0.15) is 57.2 Å². The van der Waals surface area contributed by atoms with Crippen molar-refractivity contribution in [2.24, 2.45) is 0 Å². The highest BCUT2D eigenvalue weighted by molar-refractivity contribution is 7.18. The van der Waals surface area contributed by atoms with Gasteiger partial charge in [0.25, 0.3) is 5.66 Å². The Morgan fingerprint density at radius 2 is 1.81 bits per heavy atom. The van der Waals surface area contributed by atoms with Gasteiger partial charge in [-0.2, -0.15) is 13.9 Å². The molecule has 0 spiro atoms. The number of nitrogens with one attached hydrogen (secondary N) is 2. The highest BCUT2D eigenvalue weighted by Crippen LogP contribution is 2.32. The SMILES string of the molecule is C=C(/C=C(\C)C(F)(F)P)CC(=C)Nc1nnc(CCCCc2ccc(NC(=O)C/C(C)=C/C)nn2)s1. The fourth-order valence-corrected chi connectivity index (χ4v) is 3.92. The third-order valence-electron chi connectivity index (χ3n) is 5.13. The molecule has 2 aromatic rings. The van der Waals surface area contributed by atoms with Crippen LogP contribution >= 0.6 is 20.6 Å². The number of halogens is 2. The molecule has 0 aliphatic heterocycles. The Kier molecular flexibility index (Phi) is 11.5. The highest BCUT2D eigenvalue weighted by Gasteiger charge is 2.23. The minimum absolute atomic E-state index is 0.0765. The smallest absolute Gasteiger partial charge is 0.280 e. The molecule has 194 valence electrons. The van der Waals surface area contributed by atoms with Crippen molar-refractivity contribution in [1.82, 2.24) is 20.4 Å². The van der Waals surface area contributed by atoms with E-state index in [4.69, 9.17) is 0 Å². The van der Waals surface area contributed by atoms with Crippen LogP contribution in [0.25, 0.3) is 0 Å². The second-order valence-electron chi connectivity index (χ2n) is 8.49. The number of hydrogen-bond donors (Lipinski definition) is 2. The normalized spacial score (nSPS) is 12.4. The van der Waals surface area contributed by atoms with Gasteiger partial charge in [0.2, 0.25) is 11.0 Å². The number of aromatic nitrogens is 4. The van der Waals surface area contributed by atoms with Crippen molar-refractivity contribution < 1.29 is 13.6 Å². The summed E-state index contributed by atoms with van der Waals surface area (Å²) < 4.78 is 26.5. The van der Waals surface area contributed by atoms with Gasteiger partial charge in [0.15, 0.2) is 5.82 Å². The quantitative estimate of drug-likeness (QED) is 0.125. The van der Waals surface area contributed by atoms with Gasteiger partial charge in [0.05, 0.1) is 5.69 Å². The number of allylic oxidation sites excluding steroid dienone is 4. The van der Waals surface area contributed by atoms with Gasteiger partial charge in [0, 0.05) is 25.0 Å². The molecule has 0 radical (unpaired) electrons. The summed E-state index contributed by atoms with van der Waals surface area (Å²) in [5, 5.41) is 23.9. The zero-order valence-electron chi connectivity index (χ0n) is 20.9. The number of rotatable bonds is 14. The molecule has 0 aliphatic rings. The predicted molar refractivity (Wildman–Crippen MR) is 146 cm³/mol. The minimum atomic E-state index is -2.95. The van der Waals surface area contributed by atoms with E-state index in [1.54, 1.807) is 6.07 Å². The summed E-state index contributed by atoms with van der Waals surface area (Å²) in [5.41, 5.74) is -0.0434. The molecule has 7 nitrogen and oxygen atoms in total. The maximum atomic E-state index is 13.3. The van der Waals surface area contributed by atoms with Crippen LogP contribution in [0.3, 0.4) is 0 Å². The van der Waals surface area contributed by atoms with Gasteiger partial charge in [-0.1, -0.05) is 51.5 Å². The lowest BCUT2D eigenvalue weighted by Crippen LogP contribution is -2.13. The average Bonchev–Trinajstić information content (AvgIpc) is 3.23. The van der Waals surface area contributed by atoms with Gasteiger partial charge in [0.1, 0.15) is 5.01 Å². The molecule has 1 unspecified atom stereocenters. The van der Waals surface area contributed by atoms with E-state index in [9.17, 15) is 13.6 Å². The van der Waals surface area contributed by atoms with Crippen molar-refractivity contribution in [3.05, 3.63) is 70.6 Å². The zero-order valence-corrected chi connectivity index (χ0v) is 22.9. The first-order valence-electron chi connectivity index (χ1n) is 11.5. The predicted octanol–water partition coefficient (Wildman–Crippen LogP) is 6.47. The number of amides is 1. The van der Waals surface area contributed by atoms with Crippen LogP contribution in [0.15, 0.2) is 59.9 Å². The monoisotopic (exact) mass is 534 g/mol. The summed E-state index contributed by atoms with van der Waals surface area (Å²) in [5.74, 6) is 0.333. The van der Waals surface area contributed by atoms with Crippen molar-refractivity contribution in [2.75, 3.05) is 10.6 Å². The fourth-order valence-electron chi connectivity index (χ4n) is 3.01. The Morgan fingerprint density at radius 1 is 1.08 bits per heavy atom.